The molecule has 1 saturated carbocycles. The Bertz CT molecular complexity index is 736. The molecule has 0 spiro atoms. The molecule has 23 heavy (non-hydrogen) atoms. The minimum Gasteiger partial charge on any atom is -0.338 e. The number of benzene rings is 1. The van der Waals surface area contributed by atoms with E-state index in [1.165, 1.54) is 0 Å². The van der Waals surface area contributed by atoms with Crippen molar-refractivity contribution in [1.82, 2.24) is 10.3 Å². The van der Waals surface area contributed by atoms with Crippen molar-refractivity contribution in [1.29, 1.82) is 5.26 Å². The number of nitrogens with zero attached hydrogens (tertiary/aromatic N) is 2. The number of rotatable bonds is 4. The summed E-state index contributed by atoms with van der Waals surface area (Å²) in [7, 11) is 0. The minimum absolute atomic E-state index is 0.0781. The van der Waals surface area contributed by atoms with Crippen molar-refractivity contribution in [2.24, 2.45) is 0 Å². The van der Waals surface area contributed by atoms with E-state index in [0.29, 0.717) is 6.42 Å². The molecular weight excluding hydrogens is 306 g/mol. The fraction of sp³-hybridized carbons (Fsp3) is 0.389. The summed E-state index contributed by atoms with van der Waals surface area (Å²) < 4.78 is 0. The molecule has 1 fully saturated rings. The molecule has 3 rings (SSSR count). The molecule has 0 unspecified atom stereocenters. The van der Waals surface area contributed by atoms with E-state index >= 15 is 0 Å². The number of thiazole rings is 1. The largest absolute Gasteiger partial charge is 0.338 e. The van der Waals surface area contributed by atoms with Crippen LogP contribution in [0.2, 0.25) is 0 Å². The van der Waals surface area contributed by atoms with E-state index < -0.39 is 5.54 Å². The highest BCUT2D eigenvalue weighted by atomic mass is 32.1. The molecule has 1 aliphatic carbocycles. The molecule has 0 radical (unpaired) electrons. The Morgan fingerprint density at radius 3 is 2.61 bits per heavy atom. The molecule has 1 aromatic carbocycles. The first-order valence-corrected chi connectivity index (χ1v) is 8.72. The van der Waals surface area contributed by atoms with Crippen LogP contribution in [0, 0.1) is 18.3 Å². The van der Waals surface area contributed by atoms with Crippen LogP contribution in [0.5, 0.6) is 0 Å². The summed E-state index contributed by atoms with van der Waals surface area (Å²) in [4.78, 5) is 16.7. The number of hydrogen-bond acceptors (Lipinski definition) is 4. The van der Waals surface area contributed by atoms with E-state index in [4.69, 9.17) is 0 Å². The van der Waals surface area contributed by atoms with Gasteiger partial charge in [-0.05, 0) is 38.2 Å². The minimum atomic E-state index is -0.644. The van der Waals surface area contributed by atoms with Crippen LogP contribution >= 0.6 is 11.3 Å². The lowest BCUT2D eigenvalue weighted by atomic mass is 9.99. The number of nitrogens with one attached hydrogen (secondary N) is 1. The van der Waals surface area contributed by atoms with Gasteiger partial charge in [-0.1, -0.05) is 24.3 Å². The van der Waals surface area contributed by atoms with Crippen molar-refractivity contribution in [3.05, 3.63) is 40.2 Å². The Morgan fingerprint density at radius 1 is 1.35 bits per heavy atom. The van der Waals surface area contributed by atoms with Gasteiger partial charge in [-0.15, -0.1) is 11.3 Å². The van der Waals surface area contributed by atoms with E-state index in [2.05, 4.69) is 16.4 Å². The molecule has 0 atom stereocenters. The molecule has 0 saturated heterocycles. The lowest BCUT2D eigenvalue weighted by molar-refractivity contribution is -0.121. The number of hydrogen-bond donors (Lipinski definition) is 1. The van der Waals surface area contributed by atoms with Crippen LogP contribution < -0.4 is 5.32 Å². The highest BCUT2D eigenvalue weighted by molar-refractivity contribution is 7.09. The van der Waals surface area contributed by atoms with Crippen LogP contribution in [-0.2, 0) is 11.2 Å². The molecule has 1 N–H and O–H groups in total. The van der Waals surface area contributed by atoms with Crippen molar-refractivity contribution in [2.75, 3.05) is 0 Å². The number of aryl methyl sites for hydroxylation is 1. The zero-order valence-electron chi connectivity index (χ0n) is 13.1. The lowest BCUT2D eigenvalue weighted by Crippen LogP contribution is -2.45. The molecule has 1 aromatic heterocycles. The van der Waals surface area contributed by atoms with Gasteiger partial charge in [0.25, 0.3) is 0 Å². The first-order chi connectivity index (χ1) is 11.1. The first kappa shape index (κ1) is 15.7. The third-order valence-corrected chi connectivity index (χ3v) is 5.06. The van der Waals surface area contributed by atoms with Crippen LogP contribution in [0.3, 0.4) is 0 Å². The summed E-state index contributed by atoms with van der Waals surface area (Å²) in [5, 5.41) is 15.3. The Hall–Kier alpha value is -2.19. The average molecular weight is 325 g/mol. The summed E-state index contributed by atoms with van der Waals surface area (Å²) in [5.41, 5.74) is 2.33. The molecule has 1 amide bonds. The summed E-state index contributed by atoms with van der Waals surface area (Å²) in [6.45, 7) is 1.99. The summed E-state index contributed by atoms with van der Waals surface area (Å²) in [6, 6.07) is 10.2. The van der Waals surface area contributed by atoms with E-state index in [-0.39, 0.29) is 5.91 Å². The van der Waals surface area contributed by atoms with Crippen molar-refractivity contribution in [3.63, 3.8) is 0 Å². The van der Waals surface area contributed by atoms with Crippen molar-refractivity contribution in [3.8, 4) is 17.3 Å². The maximum absolute atomic E-state index is 12.2. The number of carbonyl (C=O) groups is 1. The third-order valence-electron chi connectivity index (χ3n) is 4.28. The standard InChI is InChI=1S/C18H19N3OS/c1-13-20-16(11-23-13)15-6-4-14(5-7-15)10-17(22)21-18(12-19)8-2-3-9-18/h4-7,11H,2-3,8-10H2,1H3,(H,21,22). The van der Waals surface area contributed by atoms with Crippen LogP contribution in [-0.4, -0.2) is 16.4 Å². The summed E-state index contributed by atoms with van der Waals surface area (Å²) in [6.07, 6.45) is 3.85. The molecule has 118 valence electrons. The topological polar surface area (TPSA) is 65.8 Å². The van der Waals surface area contributed by atoms with Crippen molar-refractivity contribution >= 4 is 17.2 Å². The van der Waals surface area contributed by atoms with Gasteiger partial charge < -0.3 is 5.32 Å². The van der Waals surface area contributed by atoms with Crippen LogP contribution in [0.15, 0.2) is 29.6 Å². The molecule has 1 aliphatic rings. The van der Waals surface area contributed by atoms with Crippen LogP contribution in [0.4, 0.5) is 0 Å². The molecular formula is C18H19N3OS. The quantitative estimate of drug-likeness (QED) is 0.934. The van der Waals surface area contributed by atoms with E-state index in [1.54, 1.807) is 11.3 Å². The highest BCUT2D eigenvalue weighted by Crippen LogP contribution is 2.29. The summed E-state index contributed by atoms with van der Waals surface area (Å²) in [5.74, 6) is -0.0781. The third kappa shape index (κ3) is 3.59. The van der Waals surface area contributed by atoms with Gasteiger partial charge >= 0.3 is 0 Å². The second-order valence-electron chi connectivity index (χ2n) is 6.07. The smallest absolute Gasteiger partial charge is 0.225 e. The van der Waals surface area contributed by atoms with Gasteiger partial charge in [0.15, 0.2) is 0 Å². The van der Waals surface area contributed by atoms with Gasteiger partial charge in [0.2, 0.25) is 5.91 Å². The van der Waals surface area contributed by atoms with Gasteiger partial charge in [0, 0.05) is 10.9 Å². The normalized spacial score (nSPS) is 16.0. The average Bonchev–Trinajstić information content (AvgIpc) is 3.18. The van der Waals surface area contributed by atoms with Gasteiger partial charge in [-0.2, -0.15) is 5.26 Å². The lowest BCUT2D eigenvalue weighted by Gasteiger charge is -2.21. The molecule has 4 nitrogen and oxygen atoms in total. The maximum Gasteiger partial charge on any atom is 0.225 e. The maximum atomic E-state index is 12.2. The SMILES string of the molecule is Cc1nc(-c2ccc(CC(=O)NC3(C#N)CCCC3)cc2)cs1. The Kier molecular flexibility index (Phi) is 4.44. The van der Waals surface area contributed by atoms with E-state index in [1.807, 2.05) is 36.6 Å². The van der Waals surface area contributed by atoms with Crippen molar-refractivity contribution in [2.45, 2.75) is 44.6 Å². The molecule has 2 aromatic rings. The number of nitriles is 1. The second-order valence-corrected chi connectivity index (χ2v) is 7.14. The molecule has 0 bridgehead atoms. The fourth-order valence-electron chi connectivity index (χ4n) is 3.03. The number of amides is 1. The second kappa shape index (κ2) is 6.51. The van der Waals surface area contributed by atoms with Crippen LogP contribution in [0.1, 0.15) is 36.3 Å². The highest BCUT2D eigenvalue weighted by Gasteiger charge is 2.35. The molecule has 5 heteroatoms. The van der Waals surface area contributed by atoms with Crippen molar-refractivity contribution < 1.29 is 4.79 Å². The van der Waals surface area contributed by atoms with Gasteiger partial charge in [0.05, 0.1) is 23.2 Å². The first-order valence-electron chi connectivity index (χ1n) is 7.84. The monoisotopic (exact) mass is 325 g/mol. The number of aromatic nitrogens is 1. The molecule has 0 aliphatic heterocycles. The Balaban J connectivity index is 1.64. The van der Waals surface area contributed by atoms with Gasteiger partial charge in [-0.3, -0.25) is 4.79 Å². The van der Waals surface area contributed by atoms with Gasteiger partial charge in [-0.25, -0.2) is 4.98 Å². The zero-order chi connectivity index (χ0) is 16.3. The van der Waals surface area contributed by atoms with Crippen LogP contribution in [0.25, 0.3) is 11.3 Å². The predicted molar refractivity (Wildman–Crippen MR) is 90.9 cm³/mol. The van der Waals surface area contributed by atoms with E-state index in [0.717, 1.165) is 47.5 Å². The molecule has 1 heterocycles. The zero-order valence-corrected chi connectivity index (χ0v) is 13.9. The Labute approximate surface area is 140 Å². The van der Waals surface area contributed by atoms with E-state index in [9.17, 15) is 10.1 Å². The van der Waals surface area contributed by atoms with Gasteiger partial charge in [0.1, 0.15) is 5.54 Å². The fourth-order valence-corrected chi connectivity index (χ4v) is 3.65. The predicted octanol–water partition coefficient (Wildman–Crippen LogP) is 3.61. The number of carbonyl (C=O) groups excluding carboxylic acids is 1. The Morgan fingerprint density at radius 2 is 2.04 bits per heavy atom. The summed E-state index contributed by atoms with van der Waals surface area (Å²) >= 11 is 1.63.